The smallest absolute Gasteiger partial charge is 0.367 e. The molecule has 1 aromatic heterocycles. The molecule has 5 heteroatoms. The van der Waals surface area contributed by atoms with Crippen LogP contribution in [0.1, 0.15) is 34.6 Å². The third-order valence-corrected chi connectivity index (χ3v) is 3.34. The third kappa shape index (κ3) is 1.10. The second-order valence-electron chi connectivity index (χ2n) is 3.28. The predicted molar refractivity (Wildman–Crippen MR) is 43.5 cm³/mol. The monoisotopic (exact) mass is 184 g/mol. The second kappa shape index (κ2) is 2.26. The molecule has 0 unspecified atom stereocenters. The number of carboxylic acids is 1. The maximum Gasteiger partial charge on any atom is 0.367 e. The Labute approximate surface area is 73.3 Å². The molecule has 1 heterocycles. The van der Waals surface area contributed by atoms with E-state index in [1.807, 2.05) is 0 Å². The molecule has 1 aromatic rings. The molecule has 1 saturated carbocycles. The first-order valence-electron chi connectivity index (χ1n) is 3.69. The van der Waals surface area contributed by atoms with E-state index in [0.29, 0.717) is 0 Å². The molecule has 0 radical (unpaired) electrons. The largest absolute Gasteiger partial charge is 0.476 e. The Kier molecular flexibility index (Phi) is 1.44. The van der Waals surface area contributed by atoms with E-state index >= 15 is 0 Å². The van der Waals surface area contributed by atoms with Gasteiger partial charge in [0.25, 0.3) is 0 Å². The molecule has 0 bridgehead atoms. The fourth-order valence-corrected chi connectivity index (χ4v) is 1.84. The first kappa shape index (κ1) is 7.67. The zero-order valence-corrected chi connectivity index (χ0v) is 7.39. The number of hydrogen-bond donors (Lipinski definition) is 1. The lowest BCUT2D eigenvalue weighted by Gasteiger charge is -1.97. The molecule has 0 aromatic carbocycles. The van der Waals surface area contributed by atoms with Crippen molar-refractivity contribution in [2.75, 3.05) is 0 Å². The minimum Gasteiger partial charge on any atom is -0.476 e. The molecule has 1 N–H and O–H groups in total. The minimum absolute atomic E-state index is 0.0955. The zero-order chi connectivity index (χ0) is 8.77. The van der Waals surface area contributed by atoms with Crippen molar-refractivity contribution >= 4 is 17.3 Å². The van der Waals surface area contributed by atoms with Gasteiger partial charge in [-0.05, 0) is 12.8 Å². The van der Waals surface area contributed by atoms with Crippen molar-refractivity contribution in [3.8, 4) is 0 Å². The lowest BCUT2D eigenvalue weighted by molar-refractivity contribution is 0.0695. The van der Waals surface area contributed by atoms with Crippen molar-refractivity contribution in [3.05, 3.63) is 10.0 Å². The molecule has 0 spiro atoms. The van der Waals surface area contributed by atoms with Gasteiger partial charge in [0, 0.05) is 5.41 Å². The molecule has 1 aliphatic rings. The van der Waals surface area contributed by atoms with Crippen LogP contribution in [0.25, 0.3) is 0 Å². The second-order valence-corrected chi connectivity index (χ2v) is 4.26. The SMILES string of the molecule is CC1(c2nnc(C(=O)O)s2)CC1. The maximum absolute atomic E-state index is 10.5. The average molecular weight is 184 g/mol. The summed E-state index contributed by atoms with van der Waals surface area (Å²) in [4.78, 5) is 10.5. The Hall–Kier alpha value is -0.970. The molecule has 64 valence electrons. The molecule has 2 rings (SSSR count). The first-order valence-corrected chi connectivity index (χ1v) is 4.51. The fourth-order valence-electron chi connectivity index (χ4n) is 0.955. The van der Waals surface area contributed by atoms with E-state index < -0.39 is 5.97 Å². The van der Waals surface area contributed by atoms with Gasteiger partial charge in [-0.25, -0.2) is 4.79 Å². The number of nitrogens with zero attached hydrogens (tertiary/aromatic N) is 2. The summed E-state index contributed by atoms with van der Waals surface area (Å²) in [5, 5.41) is 17.0. The summed E-state index contributed by atoms with van der Waals surface area (Å²) in [5.74, 6) is -0.983. The summed E-state index contributed by atoms with van der Waals surface area (Å²) in [6, 6.07) is 0. The highest BCUT2D eigenvalue weighted by Crippen LogP contribution is 2.48. The fraction of sp³-hybridized carbons (Fsp3) is 0.571. The summed E-state index contributed by atoms with van der Waals surface area (Å²) >= 11 is 1.19. The van der Waals surface area contributed by atoms with Gasteiger partial charge in [-0.1, -0.05) is 18.3 Å². The highest BCUT2D eigenvalue weighted by atomic mass is 32.1. The van der Waals surface area contributed by atoms with Gasteiger partial charge in [-0.15, -0.1) is 10.2 Å². The van der Waals surface area contributed by atoms with E-state index in [9.17, 15) is 4.79 Å². The van der Waals surface area contributed by atoms with Gasteiger partial charge in [0.2, 0.25) is 5.01 Å². The standard InChI is InChI=1S/C7H8N2O2S/c1-7(2-3-7)6-9-8-4(12-6)5(10)11/h2-3H2,1H3,(H,10,11). The van der Waals surface area contributed by atoms with Crippen LogP contribution in [0.4, 0.5) is 0 Å². The van der Waals surface area contributed by atoms with Crippen LogP contribution in [-0.2, 0) is 5.41 Å². The van der Waals surface area contributed by atoms with Gasteiger partial charge >= 0.3 is 5.97 Å². The number of hydrogen-bond acceptors (Lipinski definition) is 4. The number of aromatic nitrogens is 2. The Balaban J connectivity index is 2.30. The topological polar surface area (TPSA) is 63.1 Å². The van der Waals surface area contributed by atoms with Gasteiger partial charge in [-0.2, -0.15) is 0 Å². The zero-order valence-electron chi connectivity index (χ0n) is 6.57. The normalized spacial score (nSPS) is 19.1. The lowest BCUT2D eigenvalue weighted by atomic mass is 10.2. The summed E-state index contributed by atoms with van der Waals surface area (Å²) in [5.41, 5.74) is 0.130. The van der Waals surface area contributed by atoms with Crippen LogP contribution < -0.4 is 0 Å². The number of aromatic carboxylic acids is 1. The van der Waals surface area contributed by atoms with Crippen molar-refractivity contribution in [2.24, 2.45) is 0 Å². The van der Waals surface area contributed by atoms with Crippen LogP contribution in [0.15, 0.2) is 0 Å². The molecule has 0 aliphatic heterocycles. The van der Waals surface area contributed by atoms with Crippen LogP contribution in [0.3, 0.4) is 0 Å². The number of rotatable bonds is 2. The van der Waals surface area contributed by atoms with Crippen molar-refractivity contribution in [2.45, 2.75) is 25.2 Å². The molecule has 0 saturated heterocycles. The van der Waals surface area contributed by atoms with Crippen molar-refractivity contribution in [1.29, 1.82) is 0 Å². The third-order valence-electron chi connectivity index (χ3n) is 2.12. The van der Waals surface area contributed by atoms with Crippen LogP contribution in [-0.4, -0.2) is 21.3 Å². The van der Waals surface area contributed by atoms with Gasteiger partial charge < -0.3 is 5.11 Å². The molecule has 1 aliphatic carbocycles. The van der Waals surface area contributed by atoms with Gasteiger partial charge in [0.15, 0.2) is 0 Å². The molecular weight excluding hydrogens is 176 g/mol. The van der Waals surface area contributed by atoms with Gasteiger partial charge in [-0.3, -0.25) is 0 Å². The van der Waals surface area contributed by atoms with Crippen molar-refractivity contribution < 1.29 is 9.90 Å². The van der Waals surface area contributed by atoms with E-state index in [-0.39, 0.29) is 10.4 Å². The van der Waals surface area contributed by atoms with E-state index in [1.165, 1.54) is 11.3 Å². The number of carboxylic acid groups (broad SMARTS) is 1. The van der Waals surface area contributed by atoms with Crippen LogP contribution in [0.2, 0.25) is 0 Å². The Bertz CT molecular complexity index is 330. The van der Waals surface area contributed by atoms with E-state index in [4.69, 9.17) is 5.11 Å². The van der Waals surface area contributed by atoms with Crippen LogP contribution in [0.5, 0.6) is 0 Å². The van der Waals surface area contributed by atoms with Gasteiger partial charge in [0.05, 0.1) is 0 Å². The Morgan fingerprint density at radius 2 is 2.25 bits per heavy atom. The first-order chi connectivity index (χ1) is 5.62. The summed E-state index contributed by atoms with van der Waals surface area (Å²) in [6.45, 7) is 2.08. The molecule has 0 amide bonds. The Morgan fingerprint density at radius 3 is 2.67 bits per heavy atom. The van der Waals surface area contributed by atoms with Crippen LogP contribution >= 0.6 is 11.3 Å². The van der Waals surface area contributed by atoms with Gasteiger partial charge in [0.1, 0.15) is 5.01 Å². The van der Waals surface area contributed by atoms with E-state index in [2.05, 4.69) is 17.1 Å². The molecule has 0 atom stereocenters. The maximum atomic E-state index is 10.5. The highest BCUT2D eigenvalue weighted by Gasteiger charge is 2.42. The average Bonchev–Trinajstić information content (AvgIpc) is 2.61. The lowest BCUT2D eigenvalue weighted by Crippen LogP contribution is -1.97. The molecule has 4 nitrogen and oxygen atoms in total. The predicted octanol–water partition coefficient (Wildman–Crippen LogP) is 1.29. The van der Waals surface area contributed by atoms with Crippen molar-refractivity contribution in [1.82, 2.24) is 10.2 Å². The molecular formula is C7H8N2O2S. The quantitative estimate of drug-likeness (QED) is 0.752. The Morgan fingerprint density at radius 1 is 1.58 bits per heavy atom. The summed E-state index contributed by atoms with van der Waals surface area (Å²) in [7, 11) is 0. The summed E-state index contributed by atoms with van der Waals surface area (Å²) in [6.07, 6.45) is 2.20. The molecule has 1 fully saturated rings. The van der Waals surface area contributed by atoms with Crippen molar-refractivity contribution in [3.63, 3.8) is 0 Å². The van der Waals surface area contributed by atoms with Crippen LogP contribution in [0, 0.1) is 0 Å². The van der Waals surface area contributed by atoms with E-state index in [1.54, 1.807) is 0 Å². The highest BCUT2D eigenvalue weighted by molar-refractivity contribution is 7.13. The summed E-state index contributed by atoms with van der Waals surface area (Å²) < 4.78 is 0. The van der Waals surface area contributed by atoms with E-state index in [0.717, 1.165) is 17.8 Å². The minimum atomic E-state index is -0.983. The molecule has 12 heavy (non-hydrogen) atoms. The number of carbonyl (C=O) groups is 1.